The molecule has 0 spiro atoms. The van der Waals surface area contributed by atoms with Crippen molar-refractivity contribution >= 4 is 23.2 Å². The molecule has 0 saturated carbocycles. The fourth-order valence-corrected chi connectivity index (χ4v) is 2.93. The zero-order valence-corrected chi connectivity index (χ0v) is 16.9. The molecule has 0 N–H and O–H groups in total. The summed E-state index contributed by atoms with van der Waals surface area (Å²) in [6, 6.07) is 8.91. The number of rotatable bonds is 9. The summed E-state index contributed by atoms with van der Waals surface area (Å²) in [4.78, 5) is 25.2. The average Bonchev–Trinajstić information content (AvgIpc) is 2.68. The number of ether oxygens (including phenoxy) is 2. The van der Waals surface area contributed by atoms with Crippen molar-refractivity contribution in [2.45, 2.75) is 26.7 Å². The predicted molar refractivity (Wildman–Crippen MR) is 108 cm³/mol. The van der Waals surface area contributed by atoms with Crippen molar-refractivity contribution in [2.75, 3.05) is 20.2 Å². The summed E-state index contributed by atoms with van der Waals surface area (Å²) in [7, 11) is 1.45. The van der Waals surface area contributed by atoms with Crippen molar-refractivity contribution < 1.29 is 19.2 Å². The van der Waals surface area contributed by atoms with Crippen LogP contribution in [0, 0.1) is 10.1 Å². The van der Waals surface area contributed by atoms with Crippen LogP contribution in [0.4, 0.5) is 5.69 Å². The molecular weight excluding hydrogens is 384 g/mol. The third-order valence-electron chi connectivity index (χ3n) is 4.02. The first-order chi connectivity index (χ1) is 13.4. The average molecular weight is 407 g/mol. The number of carbonyl (C=O) groups excluding carboxylic acids is 1. The molecule has 7 nitrogen and oxygen atoms in total. The first-order valence-corrected chi connectivity index (χ1v) is 9.38. The van der Waals surface area contributed by atoms with Gasteiger partial charge < -0.3 is 14.4 Å². The zero-order valence-electron chi connectivity index (χ0n) is 16.1. The minimum absolute atomic E-state index is 0.0327. The number of hydrogen-bond donors (Lipinski definition) is 0. The first-order valence-electron chi connectivity index (χ1n) is 9.00. The number of nitrogens with zero attached hydrogens (tertiary/aromatic N) is 2. The van der Waals surface area contributed by atoms with E-state index < -0.39 is 4.92 Å². The molecule has 2 aromatic rings. The highest BCUT2D eigenvalue weighted by Crippen LogP contribution is 2.38. The van der Waals surface area contributed by atoms with E-state index in [-0.39, 0.29) is 28.1 Å². The second-order valence-corrected chi connectivity index (χ2v) is 6.57. The van der Waals surface area contributed by atoms with E-state index in [0.29, 0.717) is 24.4 Å². The molecule has 0 unspecified atom stereocenters. The summed E-state index contributed by atoms with van der Waals surface area (Å²) in [5, 5.41) is 11.5. The summed E-state index contributed by atoms with van der Waals surface area (Å²) >= 11 is 5.83. The maximum absolute atomic E-state index is 12.8. The van der Waals surface area contributed by atoms with Gasteiger partial charge in [-0.2, -0.15) is 0 Å². The van der Waals surface area contributed by atoms with Crippen LogP contribution in [0.3, 0.4) is 0 Å². The molecule has 0 aliphatic heterocycles. The molecule has 2 rings (SSSR count). The normalized spacial score (nSPS) is 10.4. The summed E-state index contributed by atoms with van der Waals surface area (Å²) in [6.07, 6.45) is 1.73. The van der Waals surface area contributed by atoms with Gasteiger partial charge in [0.15, 0.2) is 11.5 Å². The molecule has 0 aliphatic carbocycles. The summed E-state index contributed by atoms with van der Waals surface area (Å²) in [6.45, 7) is 5.38. The third-order valence-corrected chi connectivity index (χ3v) is 4.26. The molecule has 8 heteroatoms. The van der Waals surface area contributed by atoms with Gasteiger partial charge in [-0.1, -0.05) is 25.4 Å². The largest absolute Gasteiger partial charge is 0.493 e. The van der Waals surface area contributed by atoms with Crippen LogP contribution in [-0.2, 0) is 0 Å². The Morgan fingerprint density at radius 2 is 1.71 bits per heavy atom. The number of hydrogen-bond acceptors (Lipinski definition) is 5. The lowest BCUT2D eigenvalue weighted by Crippen LogP contribution is -2.32. The Hall–Kier alpha value is -2.80. The van der Waals surface area contributed by atoms with Crippen molar-refractivity contribution in [3.8, 4) is 17.2 Å². The van der Waals surface area contributed by atoms with Gasteiger partial charge in [-0.3, -0.25) is 14.9 Å². The fourth-order valence-electron chi connectivity index (χ4n) is 2.76. The molecule has 0 bridgehead atoms. The number of carbonyl (C=O) groups is 1. The summed E-state index contributed by atoms with van der Waals surface area (Å²) < 4.78 is 11.0. The van der Waals surface area contributed by atoms with Crippen LogP contribution in [0.5, 0.6) is 17.2 Å². The number of nitro benzene ring substituents is 1. The van der Waals surface area contributed by atoms with E-state index in [1.807, 2.05) is 13.8 Å². The molecule has 0 atom stereocenters. The molecule has 0 aliphatic rings. The Bertz CT molecular complexity index is 850. The molecule has 2 aromatic carbocycles. The van der Waals surface area contributed by atoms with E-state index >= 15 is 0 Å². The highest BCUT2D eigenvalue weighted by atomic mass is 35.5. The second kappa shape index (κ2) is 9.94. The summed E-state index contributed by atoms with van der Waals surface area (Å²) in [5.41, 5.74) is 0.212. The summed E-state index contributed by atoms with van der Waals surface area (Å²) in [5.74, 6) is 0.515. The lowest BCUT2D eigenvalue weighted by Gasteiger charge is -2.22. The second-order valence-electron chi connectivity index (χ2n) is 6.13. The monoisotopic (exact) mass is 406 g/mol. The maximum Gasteiger partial charge on any atom is 0.313 e. The van der Waals surface area contributed by atoms with Crippen molar-refractivity contribution in [1.82, 2.24) is 4.90 Å². The first kappa shape index (κ1) is 21.5. The van der Waals surface area contributed by atoms with Gasteiger partial charge in [0.25, 0.3) is 5.91 Å². The number of methoxy groups -OCH3 is 1. The standard InChI is InChI=1S/C20H23ClN2O5/c1-4-10-22(11-5-2)20(24)14-6-8-18(19(12-14)27-3)28-17-9-7-15(21)13-16(17)23(25)26/h6-9,12-13H,4-5,10-11H2,1-3H3. The lowest BCUT2D eigenvalue weighted by atomic mass is 10.1. The van der Waals surface area contributed by atoms with Crippen molar-refractivity contribution in [2.24, 2.45) is 0 Å². The Balaban J connectivity index is 2.34. The van der Waals surface area contributed by atoms with Gasteiger partial charge in [-0.15, -0.1) is 0 Å². The molecular formula is C20H23ClN2O5. The molecule has 150 valence electrons. The van der Waals surface area contributed by atoms with Gasteiger partial charge >= 0.3 is 5.69 Å². The minimum atomic E-state index is -0.570. The van der Waals surface area contributed by atoms with Crippen molar-refractivity contribution in [3.63, 3.8) is 0 Å². The van der Waals surface area contributed by atoms with E-state index in [9.17, 15) is 14.9 Å². The third kappa shape index (κ3) is 5.13. The Morgan fingerprint density at radius 1 is 1.07 bits per heavy atom. The van der Waals surface area contributed by atoms with Crippen molar-refractivity contribution in [1.29, 1.82) is 0 Å². The van der Waals surface area contributed by atoms with Gasteiger partial charge in [0.05, 0.1) is 12.0 Å². The van der Waals surface area contributed by atoms with E-state index in [2.05, 4.69) is 0 Å². The Labute approximate surface area is 169 Å². The minimum Gasteiger partial charge on any atom is -0.493 e. The van der Waals surface area contributed by atoms with Crippen LogP contribution in [0.15, 0.2) is 36.4 Å². The number of nitro groups is 1. The van der Waals surface area contributed by atoms with E-state index in [4.69, 9.17) is 21.1 Å². The van der Waals surface area contributed by atoms with Crippen LogP contribution in [0.1, 0.15) is 37.0 Å². The van der Waals surface area contributed by atoms with Crippen molar-refractivity contribution in [3.05, 3.63) is 57.1 Å². The van der Waals surface area contributed by atoms with Gasteiger partial charge in [-0.05, 0) is 43.2 Å². The van der Waals surface area contributed by atoms with Crippen LogP contribution in [0.2, 0.25) is 5.02 Å². The quantitative estimate of drug-likeness (QED) is 0.416. The molecule has 1 amide bonds. The predicted octanol–water partition coefficient (Wildman–Crippen LogP) is 5.31. The number of benzene rings is 2. The highest BCUT2D eigenvalue weighted by molar-refractivity contribution is 6.30. The molecule has 0 saturated heterocycles. The van der Waals surface area contributed by atoms with Crippen LogP contribution in [-0.4, -0.2) is 35.9 Å². The highest BCUT2D eigenvalue weighted by Gasteiger charge is 2.20. The van der Waals surface area contributed by atoms with E-state index in [1.54, 1.807) is 23.1 Å². The molecule has 28 heavy (non-hydrogen) atoms. The van der Waals surface area contributed by atoms with E-state index in [1.165, 1.54) is 25.3 Å². The fraction of sp³-hybridized carbons (Fsp3) is 0.350. The lowest BCUT2D eigenvalue weighted by molar-refractivity contribution is -0.385. The van der Waals surface area contributed by atoms with Gasteiger partial charge in [0, 0.05) is 29.7 Å². The Morgan fingerprint density at radius 3 is 2.29 bits per heavy atom. The van der Waals surface area contributed by atoms with Crippen LogP contribution >= 0.6 is 11.6 Å². The van der Waals surface area contributed by atoms with Crippen LogP contribution in [0.25, 0.3) is 0 Å². The molecule has 0 fully saturated rings. The van der Waals surface area contributed by atoms with Gasteiger partial charge in [-0.25, -0.2) is 0 Å². The SMILES string of the molecule is CCCN(CCC)C(=O)c1ccc(Oc2ccc(Cl)cc2[N+](=O)[O-])c(OC)c1. The Kier molecular flexibility index (Phi) is 7.63. The van der Waals surface area contributed by atoms with E-state index in [0.717, 1.165) is 12.8 Å². The maximum atomic E-state index is 12.8. The molecule has 0 aromatic heterocycles. The number of amides is 1. The zero-order chi connectivity index (χ0) is 20.7. The number of halogens is 1. The smallest absolute Gasteiger partial charge is 0.313 e. The van der Waals surface area contributed by atoms with Crippen LogP contribution < -0.4 is 9.47 Å². The van der Waals surface area contributed by atoms with Gasteiger partial charge in [0.1, 0.15) is 0 Å². The van der Waals surface area contributed by atoms with Gasteiger partial charge in [0.2, 0.25) is 5.75 Å². The molecule has 0 radical (unpaired) electrons. The topological polar surface area (TPSA) is 81.9 Å². The molecule has 0 heterocycles.